The van der Waals surface area contributed by atoms with Gasteiger partial charge in [0.2, 0.25) is 0 Å². The van der Waals surface area contributed by atoms with Crippen LogP contribution in [0.4, 0.5) is 0 Å². The van der Waals surface area contributed by atoms with Crippen molar-refractivity contribution in [2.24, 2.45) is 0 Å². The van der Waals surface area contributed by atoms with Gasteiger partial charge in [0, 0.05) is 18.8 Å². The molecule has 2 heteroatoms. The third-order valence-corrected chi connectivity index (χ3v) is 2.34. The molecule has 0 saturated heterocycles. The van der Waals surface area contributed by atoms with Crippen LogP contribution in [0.3, 0.4) is 0 Å². The van der Waals surface area contributed by atoms with Gasteiger partial charge in [-0.3, -0.25) is 4.98 Å². The Morgan fingerprint density at radius 1 is 1.07 bits per heavy atom. The Morgan fingerprint density at radius 2 is 1.87 bits per heavy atom. The summed E-state index contributed by atoms with van der Waals surface area (Å²) in [6.45, 7) is 0. The van der Waals surface area contributed by atoms with Gasteiger partial charge in [0.15, 0.2) is 0 Å². The maximum Gasteiger partial charge on any atom is 0.0845 e. The van der Waals surface area contributed by atoms with Crippen LogP contribution >= 0.6 is 0 Å². The molecular formula is C13H13NO. The highest BCUT2D eigenvalue weighted by molar-refractivity contribution is 5.19. The fraction of sp³-hybridized carbons (Fsp3) is 0.154. The number of benzene rings is 1. The van der Waals surface area contributed by atoms with Gasteiger partial charge in [-0.1, -0.05) is 36.4 Å². The summed E-state index contributed by atoms with van der Waals surface area (Å²) in [7, 11) is 0. The Balaban J connectivity index is 2.08. The summed E-state index contributed by atoms with van der Waals surface area (Å²) in [5, 5.41) is 9.93. The molecule has 0 saturated carbocycles. The predicted molar refractivity (Wildman–Crippen MR) is 59.3 cm³/mol. The molecule has 0 unspecified atom stereocenters. The van der Waals surface area contributed by atoms with Gasteiger partial charge < -0.3 is 5.11 Å². The first-order valence-corrected chi connectivity index (χ1v) is 4.98. The van der Waals surface area contributed by atoms with E-state index in [1.165, 1.54) is 0 Å². The number of aliphatic hydroxyl groups excluding tert-OH is 1. The van der Waals surface area contributed by atoms with Crippen molar-refractivity contribution in [1.29, 1.82) is 0 Å². The van der Waals surface area contributed by atoms with Crippen LogP contribution in [-0.4, -0.2) is 10.1 Å². The molecule has 0 spiro atoms. The van der Waals surface area contributed by atoms with Crippen LogP contribution in [-0.2, 0) is 6.42 Å². The maximum atomic E-state index is 9.93. The number of aliphatic hydroxyl groups is 1. The number of nitrogens with zero attached hydrogens (tertiary/aromatic N) is 1. The average molecular weight is 199 g/mol. The third kappa shape index (κ3) is 2.64. The summed E-state index contributed by atoms with van der Waals surface area (Å²) in [6, 6.07) is 13.7. The summed E-state index contributed by atoms with van der Waals surface area (Å²) < 4.78 is 0. The van der Waals surface area contributed by atoms with Crippen molar-refractivity contribution < 1.29 is 5.11 Å². The van der Waals surface area contributed by atoms with E-state index in [0.717, 1.165) is 11.1 Å². The molecular weight excluding hydrogens is 186 g/mol. The zero-order valence-electron chi connectivity index (χ0n) is 8.38. The normalized spacial score (nSPS) is 12.3. The SMILES string of the molecule is O[C@H](Cc1ccccc1)c1cccnc1. The molecule has 0 fully saturated rings. The van der Waals surface area contributed by atoms with Crippen LogP contribution in [0, 0.1) is 0 Å². The molecule has 0 radical (unpaired) electrons. The largest absolute Gasteiger partial charge is 0.388 e. The van der Waals surface area contributed by atoms with Crippen molar-refractivity contribution in [3.8, 4) is 0 Å². The highest BCUT2D eigenvalue weighted by Crippen LogP contribution is 2.16. The van der Waals surface area contributed by atoms with Gasteiger partial charge in [0.05, 0.1) is 6.10 Å². The second-order valence-corrected chi connectivity index (χ2v) is 3.49. The first kappa shape index (κ1) is 9.87. The highest BCUT2D eigenvalue weighted by Gasteiger charge is 2.07. The van der Waals surface area contributed by atoms with E-state index in [0.29, 0.717) is 6.42 Å². The van der Waals surface area contributed by atoms with Crippen molar-refractivity contribution in [1.82, 2.24) is 4.98 Å². The fourth-order valence-corrected chi connectivity index (χ4v) is 1.53. The van der Waals surface area contributed by atoms with Crippen molar-refractivity contribution in [3.63, 3.8) is 0 Å². The number of hydrogen-bond acceptors (Lipinski definition) is 2. The van der Waals surface area contributed by atoms with Crippen LogP contribution in [0.15, 0.2) is 54.9 Å². The quantitative estimate of drug-likeness (QED) is 0.823. The monoisotopic (exact) mass is 199 g/mol. The van der Waals surface area contributed by atoms with Gasteiger partial charge >= 0.3 is 0 Å². The molecule has 0 amide bonds. The first-order chi connectivity index (χ1) is 7.36. The molecule has 1 N–H and O–H groups in total. The number of rotatable bonds is 3. The standard InChI is InChI=1S/C13H13NO/c15-13(12-7-4-8-14-10-12)9-11-5-2-1-3-6-11/h1-8,10,13,15H,9H2/t13-/m1/s1. The Morgan fingerprint density at radius 3 is 2.53 bits per heavy atom. The highest BCUT2D eigenvalue weighted by atomic mass is 16.3. The molecule has 1 aromatic carbocycles. The zero-order chi connectivity index (χ0) is 10.5. The molecule has 0 aliphatic rings. The van der Waals surface area contributed by atoms with E-state index in [9.17, 15) is 5.11 Å². The lowest BCUT2D eigenvalue weighted by Gasteiger charge is -2.09. The molecule has 1 heterocycles. The van der Waals surface area contributed by atoms with Crippen LogP contribution in [0.25, 0.3) is 0 Å². The van der Waals surface area contributed by atoms with Crippen molar-refractivity contribution in [2.45, 2.75) is 12.5 Å². The minimum absolute atomic E-state index is 0.471. The van der Waals surface area contributed by atoms with E-state index in [1.807, 2.05) is 42.5 Å². The van der Waals surface area contributed by atoms with E-state index in [-0.39, 0.29) is 0 Å². The van der Waals surface area contributed by atoms with Crippen LogP contribution in [0.1, 0.15) is 17.2 Å². The van der Waals surface area contributed by atoms with Crippen LogP contribution in [0.5, 0.6) is 0 Å². The van der Waals surface area contributed by atoms with Gasteiger partial charge in [0.25, 0.3) is 0 Å². The lowest BCUT2D eigenvalue weighted by atomic mass is 10.0. The minimum atomic E-state index is -0.471. The lowest BCUT2D eigenvalue weighted by Crippen LogP contribution is -2.01. The topological polar surface area (TPSA) is 33.1 Å². The van der Waals surface area contributed by atoms with Gasteiger partial charge in [-0.2, -0.15) is 0 Å². The molecule has 0 aliphatic heterocycles. The second kappa shape index (κ2) is 4.71. The zero-order valence-corrected chi connectivity index (χ0v) is 8.38. The van der Waals surface area contributed by atoms with Crippen molar-refractivity contribution in [2.75, 3.05) is 0 Å². The average Bonchev–Trinajstić information content (AvgIpc) is 2.31. The fourth-order valence-electron chi connectivity index (χ4n) is 1.53. The number of hydrogen-bond donors (Lipinski definition) is 1. The van der Waals surface area contributed by atoms with Crippen LogP contribution < -0.4 is 0 Å². The maximum absolute atomic E-state index is 9.93. The van der Waals surface area contributed by atoms with Crippen molar-refractivity contribution in [3.05, 3.63) is 66.0 Å². The van der Waals surface area contributed by atoms with E-state index in [4.69, 9.17) is 0 Å². The summed E-state index contributed by atoms with van der Waals surface area (Å²) >= 11 is 0. The first-order valence-electron chi connectivity index (χ1n) is 4.98. The Labute approximate surface area is 89.2 Å². The summed E-state index contributed by atoms with van der Waals surface area (Å²) in [4.78, 5) is 3.99. The van der Waals surface area contributed by atoms with E-state index in [1.54, 1.807) is 12.4 Å². The lowest BCUT2D eigenvalue weighted by molar-refractivity contribution is 0.178. The molecule has 15 heavy (non-hydrogen) atoms. The van der Waals surface area contributed by atoms with Crippen molar-refractivity contribution >= 4 is 0 Å². The summed E-state index contributed by atoms with van der Waals surface area (Å²) in [6.07, 6.45) is 3.57. The molecule has 2 nitrogen and oxygen atoms in total. The van der Waals surface area contributed by atoms with Crippen LogP contribution in [0.2, 0.25) is 0 Å². The van der Waals surface area contributed by atoms with Gasteiger partial charge in [0.1, 0.15) is 0 Å². The second-order valence-electron chi connectivity index (χ2n) is 3.49. The molecule has 1 atom stereocenters. The van der Waals surface area contributed by atoms with Gasteiger partial charge in [-0.25, -0.2) is 0 Å². The van der Waals surface area contributed by atoms with E-state index in [2.05, 4.69) is 4.98 Å². The molecule has 76 valence electrons. The third-order valence-electron chi connectivity index (χ3n) is 2.34. The summed E-state index contributed by atoms with van der Waals surface area (Å²) in [5.74, 6) is 0. The molecule has 0 bridgehead atoms. The molecule has 0 aliphatic carbocycles. The molecule has 2 aromatic rings. The number of aromatic nitrogens is 1. The van der Waals surface area contributed by atoms with Gasteiger partial charge in [-0.05, 0) is 17.2 Å². The summed E-state index contributed by atoms with van der Waals surface area (Å²) in [5.41, 5.74) is 2.00. The Kier molecular flexibility index (Phi) is 3.10. The van der Waals surface area contributed by atoms with Gasteiger partial charge in [-0.15, -0.1) is 0 Å². The minimum Gasteiger partial charge on any atom is -0.388 e. The Bertz CT molecular complexity index is 399. The number of pyridine rings is 1. The van der Waals surface area contributed by atoms with E-state index >= 15 is 0 Å². The molecule has 1 aromatic heterocycles. The smallest absolute Gasteiger partial charge is 0.0845 e. The predicted octanol–water partition coefficient (Wildman–Crippen LogP) is 2.36. The molecule has 2 rings (SSSR count). The van der Waals surface area contributed by atoms with E-state index < -0.39 is 6.10 Å². The Hall–Kier alpha value is -1.67.